The van der Waals surface area contributed by atoms with Crippen molar-refractivity contribution in [2.24, 2.45) is 0 Å². The van der Waals surface area contributed by atoms with Gasteiger partial charge in [-0.1, -0.05) is 36.4 Å². The fourth-order valence-corrected chi connectivity index (χ4v) is 3.52. The average Bonchev–Trinajstić information content (AvgIpc) is 3.29. The van der Waals surface area contributed by atoms with Gasteiger partial charge in [-0.25, -0.2) is 4.79 Å². The van der Waals surface area contributed by atoms with E-state index in [9.17, 15) is 15.0 Å². The molecule has 1 aromatic heterocycles. The number of aliphatic hydroxyl groups is 1. The molecule has 3 atom stereocenters. The minimum Gasteiger partial charge on any atom is -0.493 e. The van der Waals surface area contributed by atoms with Gasteiger partial charge in [0.1, 0.15) is 6.61 Å². The van der Waals surface area contributed by atoms with Crippen LogP contribution in [0.5, 0.6) is 11.7 Å². The van der Waals surface area contributed by atoms with Crippen LogP contribution in [0.25, 0.3) is 11.0 Å². The number of aliphatic carboxylic acids is 1. The number of benzene rings is 2. The maximum atomic E-state index is 11.4. The average molecular weight is 384 g/mol. The van der Waals surface area contributed by atoms with E-state index in [0.29, 0.717) is 22.8 Å². The van der Waals surface area contributed by atoms with Crippen molar-refractivity contribution in [2.75, 3.05) is 13.7 Å². The van der Waals surface area contributed by atoms with Crippen LogP contribution in [-0.2, 0) is 16.1 Å². The smallest absolute Gasteiger partial charge is 0.333 e. The SMILES string of the molecule is COc1cccc2cc(OCc3cccc(C4C(O)COC4C(=O)O)c3)oc12. The highest BCUT2D eigenvalue weighted by Gasteiger charge is 2.41. The predicted molar refractivity (Wildman–Crippen MR) is 99.7 cm³/mol. The Bertz CT molecular complexity index is 993. The summed E-state index contributed by atoms with van der Waals surface area (Å²) in [6.07, 6.45) is -1.92. The van der Waals surface area contributed by atoms with Gasteiger partial charge in [0.05, 0.1) is 19.8 Å². The number of hydrogen-bond donors (Lipinski definition) is 2. The van der Waals surface area contributed by atoms with Crippen molar-refractivity contribution in [3.63, 3.8) is 0 Å². The molecule has 2 N–H and O–H groups in total. The van der Waals surface area contributed by atoms with Crippen LogP contribution in [0.4, 0.5) is 0 Å². The fraction of sp³-hybridized carbons (Fsp3) is 0.286. The molecule has 1 saturated heterocycles. The minimum atomic E-state index is -1.08. The number of carboxylic acids is 1. The van der Waals surface area contributed by atoms with Gasteiger partial charge in [0.15, 0.2) is 17.4 Å². The Hall–Kier alpha value is -3.03. The Labute approximate surface area is 161 Å². The minimum absolute atomic E-state index is 0.00315. The lowest BCUT2D eigenvalue weighted by molar-refractivity contribution is -0.148. The molecule has 7 heteroatoms. The molecule has 0 spiro atoms. The number of ether oxygens (including phenoxy) is 3. The summed E-state index contributed by atoms with van der Waals surface area (Å²) in [4.78, 5) is 11.4. The first-order valence-electron chi connectivity index (χ1n) is 8.87. The second-order valence-corrected chi connectivity index (χ2v) is 6.66. The number of aliphatic hydroxyl groups excluding tert-OH is 1. The van der Waals surface area contributed by atoms with E-state index < -0.39 is 24.1 Å². The van der Waals surface area contributed by atoms with Gasteiger partial charge in [0.25, 0.3) is 5.95 Å². The van der Waals surface area contributed by atoms with Crippen molar-refractivity contribution in [1.29, 1.82) is 0 Å². The first kappa shape index (κ1) is 18.3. The molecular formula is C21H20O7. The van der Waals surface area contributed by atoms with Crippen molar-refractivity contribution in [3.8, 4) is 11.7 Å². The first-order valence-corrected chi connectivity index (χ1v) is 8.87. The van der Waals surface area contributed by atoms with Crippen LogP contribution in [0.15, 0.2) is 52.9 Å². The van der Waals surface area contributed by atoms with Crippen molar-refractivity contribution < 1.29 is 33.6 Å². The summed E-state index contributed by atoms with van der Waals surface area (Å²) in [6.45, 7) is 0.237. The van der Waals surface area contributed by atoms with E-state index in [0.717, 1.165) is 10.9 Å². The van der Waals surface area contributed by atoms with Crippen LogP contribution in [0.1, 0.15) is 17.0 Å². The molecule has 0 aliphatic carbocycles. The van der Waals surface area contributed by atoms with Gasteiger partial charge in [-0.2, -0.15) is 0 Å². The normalized spacial score (nSPS) is 21.7. The number of rotatable bonds is 6. The molecule has 0 amide bonds. The van der Waals surface area contributed by atoms with Gasteiger partial charge >= 0.3 is 5.97 Å². The number of methoxy groups -OCH3 is 1. The van der Waals surface area contributed by atoms with E-state index in [1.807, 2.05) is 30.3 Å². The zero-order valence-corrected chi connectivity index (χ0v) is 15.2. The first-order chi connectivity index (χ1) is 13.6. The summed E-state index contributed by atoms with van der Waals surface area (Å²) in [5, 5.41) is 20.3. The zero-order chi connectivity index (χ0) is 19.7. The molecule has 1 aliphatic rings. The summed E-state index contributed by atoms with van der Waals surface area (Å²) in [7, 11) is 1.58. The van der Waals surface area contributed by atoms with Crippen LogP contribution >= 0.6 is 0 Å². The summed E-state index contributed by atoms with van der Waals surface area (Å²) < 4.78 is 22.0. The lowest BCUT2D eigenvalue weighted by Gasteiger charge is -2.18. The maximum absolute atomic E-state index is 11.4. The van der Waals surface area contributed by atoms with Crippen molar-refractivity contribution in [1.82, 2.24) is 0 Å². The standard InChI is InChI=1S/C21H20O7/c1-25-16-7-3-6-14-9-17(28-19(14)16)26-10-12-4-2-5-13(8-12)18-15(22)11-27-20(18)21(23)24/h2-9,15,18,20,22H,10-11H2,1H3,(H,23,24). The van der Waals surface area contributed by atoms with Gasteiger partial charge in [-0.05, 0) is 17.2 Å². The molecule has 3 unspecified atom stereocenters. The summed E-state index contributed by atoms with van der Waals surface area (Å²) in [5.74, 6) is -0.714. The molecule has 2 aromatic carbocycles. The third kappa shape index (κ3) is 3.42. The molecule has 146 valence electrons. The van der Waals surface area contributed by atoms with Crippen molar-refractivity contribution in [3.05, 3.63) is 59.7 Å². The van der Waals surface area contributed by atoms with Crippen LogP contribution in [0, 0.1) is 0 Å². The largest absolute Gasteiger partial charge is 0.493 e. The highest BCUT2D eigenvalue weighted by molar-refractivity contribution is 5.84. The number of para-hydroxylation sites is 1. The van der Waals surface area contributed by atoms with Gasteiger partial charge < -0.3 is 28.8 Å². The second-order valence-electron chi connectivity index (χ2n) is 6.66. The number of furan rings is 1. The molecule has 4 rings (SSSR count). The molecule has 28 heavy (non-hydrogen) atoms. The molecule has 1 fully saturated rings. The van der Waals surface area contributed by atoms with E-state index >= 15 is 0 Å². The van der Waals surface area contributed by atoms with Crippen LogP contribution < -0.4 is 9.47 Å². The topological polar surface area (TPSA) is 98.4 Å². The molecule has 2 heterocycles. The lowest BCUT2D eigenvalue weighted by atomic mass is 9.89. The highest BCUT2D eigenvalue weighted by Crippen LogP contribution is 2.34. The second kappa shape index (κ2) is 7.53. The Morgan fingerprint density at radius 3 is 2.82 bits per heavy atom. The van der Waals surface area contributed by atoms with Gasteiger partial charge in [0.2, 0.25) is 0 Å². The number of hydrogen-bond acceptors (Lipinski definition) is 6. The van der Waals surface area contributed by atoms with Crippen LogP contribution in [0.3, 0.4) is 0 Å². The fourth-order valence-electron chi connectivity index (χ4n) is 3.52. The third-order valence-electron chi connectivity index (χ3n) is 4.85. The molecule has 1 aliphatic heterocycles. The number of carbonyl (C=O) groups is 1. The molecule has 0 radical (unpaired) electrons. The van der Waals surface area contributed by atoms with Gasteiger partial charge in [-0.3, -0.25) is 0 Å². The van der Waals surface area contributed by atoms with E-state index in [-0.39, 0.29) is 13.2 Å². The van der Waals surface area contributed by atoms with E-state index in [2.05, 4.69) is 0 Å². The zero-order valence-electron chi connectivity index (χ0n) is 15.2. The quantitative estimate of drug-likeness (QED) is 0.674. The molecule has 0 saturated carbocycles. The predicted octanol–water partition coefficient (Wildman–Crippen LogP) is 2.95. The molecule has 7 nitrogen and oxygen atoms in total. The van der Waals surface area contributed by atoms with Gasteiger partial charge in [0, 0.05) is 17.4 Å². The monoisotopic (exact) mass is 384 g/mol. The van der Waals surface area contributed by atoms with Crippen molar-refractivity contribution in [2.45, 2.75) is 24.7 Å². The van der Waals surface area contributed by atoms with E-state index in [4.69, 9.17) is 18.6 Å². The number of fused-ring (bicyclic) bond motifs is 1. The Morgan fingerprint density at radius 1 is 1.21 bits per heavy atom. The molecule has 0 bridgehead atoms. The Balaban J connectivity index is 1.52. The third-order valence-corrected chi connectivity index (χ3v) is 4.85. The van der Waals surface area contributed by atoms with E-state index in [1.165, 1.54) is 0 Å². The molecule has 3 aromatic rings. The van der Waals surface area contributed by atoms with E-state index in [1.54, 1.807) is 25.3 Å². The number of carboxylic acid groups (broad SMARTS) is 1. The Kier molecular flexibility index (Phi) is 4.93. The van der Waals surface area contributed by atoms with Crippen LogP contribution in [0.2, 0.25) is 0 Å². The Morgan fingerprint density at radius 2 is 2.04 bits per heavy atom. The van der Waals surface area contributed by atoms with Crippen molar-refractivity contribution >= 4 is 16.9 Å². The summed E-state index contributed by atoms with van der Waals surface area (Å²) >= 11 is 0. The summed E-state index contributed by atoms with van der Waals surface area (Å²) in [5.41, 5.74) is 2.14. The maximum Gasteiger partial charge on any atom is 0.333 e. The lowest BCUT2D eigenvalue weighted by Crippen LogP contribution is -2.28. The molecular weight excluding hydrogens is 364 g/mol. The van der Waals surface area contributed by atoms with Gasteiger partial charge in [-0.15, -0.1) is 0 Å². The van der Waals surface area contributed by atoms with Crippen LogP contribution in [-0.4, -0.2) is 42.1 Å². The summed E-state index contributed by atoms with van der Waals surface area (Å²) in [6, 6.07) is 14.7. The highest BCUT2D eigenvalue weighted by atomic mass is 16.6.